The third-order valence-electron chi connectivity index (χ3n) is 2.56. The number of aldehydes is 1. The average molecular weight is 303 g/mol. The predicted molar refractivity (Wildman–Crippen MR) is 85.1 cm³/mol. The van der Waals surface area contributed by atoms with Crippen molar-refractivity contribution < 1.29 is 9.72 Å². The van der Waals surface area contributed by atoms with Crippen molar-refractivity contribution in [1.29, 1.82) is 0 Å². The Labute approximate surface area is 128 Å². The maximum Gasteiger partial charge on any atom is 0.283 e. The van der Waals surface area contributed by atoms with E-state index in [-0.39, 0.29) is 5.69 Å². The van der Waals surface area contributed by atoms with Crippen LogP contribution in [0.4, 0.5) is 5.69 Å². The van der Waals surface area contributed by atoms with Crippen LogP contribution in [0.25, 0.3) is 0 Å². The zero-order valence-electron chi connectivity index (χ0n) is 12.2. The number of nitro groups is 1. The predicted octanol–water partition coefficient (Wildman–Crippen LogP) is 4.89. The van der Waals surface area contributed by atoms with E-state index in [2.05, 4.69) is 0 Å². The molecule has 0 saturated carbocycles. The lowest BCUT2D eigenvalue weighted by molar-refractivity contribution is -0.387. The summed E-state index contributed by atoms with van der Waals surface area (Å²) in [5.74, 6) is 0. The Morgan fingerprint density at radius 2 is 1.71 bits per heavy atom. The highest BCUT2D eigenvalue weighted by molar-refractivity contribution is 7.99. The summed E-state index contributed by atoms with van der Waals surface area (Å²) in [5.41, 5.74) is 1.39. The summed E-state index contributed by atoms with van der Waals surface area (Å²) in [6, 6.07) is 12.2. The molecule has 0 aromatic heterocycles. The smallest absolute Gasteiger partial charge is 0.283 e. The van der Waals surface area contributed by atoms with Crippen molar-refractivity contribution in [3.8, 4) is 0 Å². The molecule has 2 aromatic rings. The summed E-state index contributed by atoms with van der Waals surface area (Å²) in [7, 11) is 0. The molecule has 0 aliphatic heterocycles. The van der Waals surface area contributed by atoms with E-state index in [4.69, 9.17) is 0 Å². The summed E-state index contributed by atoms with van der Waals surface area (Å²) in [5, 5.41) is 11.0. The Morgan fingerprint density at radius 1 is 1.10 bits per heavy atom. The molecule has 2 aromatic carbocycles. The second-order valence-corrected chi connectivity index (χ2v) is 5.13. The highest BCUT2D eigenvalue weighted by atomic mass is 32.2. The fourth-order valence-corrected chi connectivity index (χ4v) is 2.47. The maximum absolute atomic E-state index is 11.0. The Hall–Kier alpha value is -2.14. The lowest BCUT2D eigenvalue weighted by Crippen LogP contribution is -1.92. The zero-order chi connectivity index (χ0) is 15.8. The largest absolute Gasteiger partial charge is 0.298 e. The number of carbonyl (C=O) groups is 1. The molecule has 0 heterocycles. The molecule has 0 aliphatic rings. The first kappa shape index (κ1) is 16.9. The number of hydrogen-bond acceptors (Lipinski definition) is 4. The van der Waals surface area contributed by atoms with Gasteiger partial charge < -0.3 is 0 Å². The van der Waals surface area contributed by atoms with Gasteiger partial charge in [-0.3, -0.25) is 14.9 Å². The monoisotopic (exact) mass is 303 g/mol. The minimum Gasteiger partial charge on any atom is -0.298 e. The molecule has 0 atom stereocenters. The Kier molecular flexibility index (Phi) is 6.62. The standard InChI is InChI=1S/C14H11NO3S.C2H6/c1-10-2-5-12(6-3-10)19-14-7-4-11(9-16)8-13(14)15(17)18;1-2/h2-9H,1H3;1-2H3. The molecule has 0 aliphatic carbocycles. The first-order valence-electron chi connectivity index (χ1n) is 6.58. The van der Waals surface area contributed by atoms with E-state index in [0.717, 1.165) is 10.5 Å². The molecule has 5 heteroatoms. The third-order valence-corrected chi connectivity index (χ3v) is 3.64. The molecule has 2 rings (SSSR count). The fourth-order valence-electron chi connectivity index (χ4n) is 1.57. The lowest BCUT2D eigenvalue weighted by Gasteiger charge is -2.04. The van der Waals surface area contributed by atoms with Gasteiger partial charge in [0.25, 0.3) is 5.69 Å². The number of nitrogens with zero attached hydrogens (tertiary/aromatic N) is 1. The van der Waals surface area contributed by atoms with E-state index in [1.807, 2.05) is 45.0 Å². The van der Waals surface area contributed by atoms with Crippen molar-refractivity contribution >= 4 is 23.7 Å². The highest BCUT2D eigenvalue weighted by Gasteiger charge is 2.15. The van der Waals surface area contributed by atoms with Gasteiger partial charge in [0.1, 0.15) is 6.29 Å². The Morgan fingerprint density at radius 3 is 2.24 bits per heavy atom. The number of carbonyl (C=O) groups excluding carboxylic acids is 1. The van der Waals surface area contributed by atoms with Gasteiger partial charge in [0.2, 0.25) is 0 Å². The third kappa shape index (κ3) is 4.72. The van der Waals surface area contributed by atoms with E-state index >= 15 is 0 Å². The number of hydrogen-bond donors (Lipinski definition) is 0. The topological polar surface area (TPSA) is 60.2 Å². The van der Waals surface area contributed by atoms with Crippen LogP contribution >= 0.6 is 11.8 Å². The Bertz CT molecular complexity index is 624. The normalized spacial score (nSPS) is 9.48. The average Bonchev–Trinajstić information content (AvgIpc) is 2.51. The maximum atomic E-state index is 11.0. The minimum atomic E-state index is -0.469. The summed E-state index contributed by atoms with van der Waals surface area (Å²) in [6.45, 7) is 5.98. The summed E-state index contributed by atoms with van der Waals surface area (Å²) in [6.07, 6.45) is 0.604. The molecule has 0 unspecified atom stereocenters. The van der Waals surface area contributed by atoms with Crippen LogP contribution < -0.4 is 0 Å². The van der Waals surface area contributed by atoms with Gasteiger partial charge in [-0.05, 0) is 25.1 Å². The van der Waals surface area contributed by atoms with E-state index < -0.39 is 4.92 Å². The van der Waals surface area contributed by atoms with Crippen molar-refractivity contribution in [2.24, 2.45) is 0 Å². The molecule has 0 N–H and O–H groups in total. The fraction of sp³-hybridized carbons (Fsp3) is 0.188. The molecule has 21 heavy (non-hydrogen) atoms. The number of nitro benzene ring substituents is 1. The van der Waals surface area contributed by atoms with Crippen LogP contribution in [0.15, 0.2) is 52.3 Å². The van der Waals surface area contributed by atoms with Crippen LogP contribution in [-0.4, -0.2) is 11.2 Å². The molecule has 110 valence electrons. The van der Waals surface area contributed by atoms with Gasteiger partial charge in [0.15, 0.2) is 0 Å². The SMILES string of the molecule is CC.Cc1ccc(Sc2ccc(C=O)cc2[N+](=O)[O-])cc1. The first-order valence-corrected chi connectivity index (χ1v) is 7.40. The molecular formula is C16H17NO3S. The molecule has 0 radical (unpaired) electrons. The van der Waals surface area contributed by atoms with Gasteiger partial charge in [-0.1, -0.05) is 49.4 Å². The zero-order valence-corrected chi connectivity index (χ0v) is 13.0. The van der Waals surface area contributed by atoms with Gasteiger partial charge in [-0.25, -0.2) is 0 Å². The second kappa shape index (κ2) is 8.21. The molecule has 0 bridgehead atoms. The van der Waals surface area contributed by atoms with Gasteiger partial charge in [-0.15, -0.1) is 0 Å². The number of rotatable bonds is 4. The number of aryl methyl sites for hydroxylation is 1. The summed E-state index contributed by atoms with van der Waals surface area (Å²) < 4.78 is 0. The van der Waals surface area contributed by atoms with Crippen LogP contribution in [0.5, 0.6) is 0 Å². The summed E-state index contributed by atoms with van der Waals surface area (Å²) in [4.78, 5) is 22.7. The van der Waals surface area contributed by atoms with Crippen molar-refractivity contribution in [3.05, 3.63) is 63.7 Å². The lowest BCUT2D eigenvalue weighted by atomic mass is 10.2. The molecule has 0 saturated heterocycles. The van der Waals surface area contributed by atoms with Gasteiger partial charge in [0.05, 0.1) is 9.82 Å². The quantitative estimate of drug-likeness (QED) is 0.458. The van der Waals surface area contributed by atoms with Crippen LogP contribution in [-0.2, 0) is 0 Å². The van der Waals surface area contributed by atoms with Gasteiger partial charge >= 0.3 is 0 Å². The molecular weight excluding hydrogens is 286 g/mol. The first-order chi connectivity index (χ1) is 10.1. The molecule has 4 nitrogen and oxygen atoms in total. The van der Waals surface area contributed by atoms with Gasteiger partial charge in [0, 0.05) is 16.5 Å². The van der Waals surface area contributed by atoms with Crippen LogP contribution in [0.3, 0.4) is 0 Å². The van der Waals surface area contributed by atoms with Crippen molar-refractivity contribution in [1.82, 2.24) is 0 Å². The van der Waals surface area contributed by atoms with Crippen LogP contribution in [0.2, 0.25) is 0 Å². The van der Waals surface area contributed by atoms with E-state index in [1.165, 1.54) is 17.8 Å². The van der Waals surface area contributed by atoms with Crippen LogP contribution in [0, 0.1) is 17.0 Å². The van der Waals surface area contributed by atoms with Crippen LogP contribution in [0.1, 0.15) is 29.8 Å². The minimum absolute atomic E-state index is 0.0461. The molecule has 0 fully saturated rings. The Balaban J connectivity index is 0.00000106. The van der Waals surface area contributed by atoms with E-state index in [0.29, 0.717) is 16.7 Å². The number of benzene rings is 2. The van der Waals surface area contributed by atoms with Gasteiger partial charge in [-0.2, -0.15) is 0 Å². The van der Waals surface area contributed by atoms with Crippen molar-refractivity contribution in [2.45, 2.75) is 30.6 Å². The van der Waals surface area contributed by atoms with Crippen molar-refractivity contribution in [3.63, 3.8) is 0 Å². The molecule has 0 amide bonds. The van der Waals surface area contributed by atoms with E-state index in [1.54, 1.807) is 12.1 Å². The molecule has 0 spiro atoms. The summed E-state index contributed by atoms with van der Waals surface area (Å²) >= 11 is 1.31. The van der Waals surface area contributed by atoms with Crippen molar-refractivity contribution in [2.75, 3.05) is 0 Å². The van der Waals surface area contributed by atoms with E-state index in [9.17, 15) is 14.9 Å². The second-order valence-electron chi connectivity index (χ2n) is 4.02. The highest BCUT2D eigenvalue weighted by Crippen LogP contribution is 2.35.